The molecule has 0 spiro atoms. The van der Waals surface area contributed by atoms with Gasteiger partial charge in [-0.1, -0.05) is 20.3 Å². The Bertz CT molecular complexity index is 408. The molecule has 0 bridgehead atoms. The van der Waals surface area contributed by atoms with E-state index in [1.165, 1.54) is 31.4 Å². The van der Waals surface area contributed by atoms with Crippen LogP contribution in [0.3, 0.4) is 0 Å². The minimum Gasteiger partial charge on any atom is -0.476 e. The number of nitrogens with one attached hydrogen (secondary N) is 1. The Hall–Kier alpha value is -1.13. The second-order valence-corrected chi connectivity index (χ2v) is 5.98. The van der Waals surface area contributed by atoms with Crippen molar-refractivity contribution >= 4 is 0 Å². The molecule has 2 rings (SSSR count). The highest BCUT2D eigenvalue weighted by molar-refractivity contribution is 5.20. The van der Waals surface area contributed by atoms with Gasteiger partial charge < -0.3 is 15.0 Å². The van der Waals surface area contributed by atoms with Crippen LogP contribution in [-0.2, 0) is 6.54 Å². The molecule has 1 aromatic rings. The van der Waals surface area contributed by atoms with Gasteiger partial charge in [0, 0.05) is 30.9 Å². The number of likely N-dealkylation sites (N-methyl/N-ethyl adjacent to an activating group) is 1. The molecular formula is C16H27N3O. The van der Waals surface area contributed by atoms with Crippen LogP contribution in [0.15, 0.2) is 18.3 Å². The fourth-order valence-corrected chi connectivity index (χ4v) is 2.50. The predicted molar refractivity (Wildman–Crippen MR) is 82.0 cm³/mol. The molecule has 1 atom stereocenters. The molecule has 0 aliphatic carbocycles. The van der Waals surface area contributed by atoms with Crippen molar-refractivity contribution in [3.8, 4) is 5.88 Å². The van der Waals surface area contributed by atoms with Crippen molar-refractivity contribution in [2.75, 3.05) is 20.2 Å². The third-order valence-electron chi connectivity index (χ3n) is 3.86. The van der Waals surface area contributed by atoms with Gasteiger partial charge in [0.05, 0.1) is 0 Å². The maximum Gasteiger partial charge on any atom is 0.213 e. The highest BCUT2D eigenvalue weighted by atomic mass is 16.5. The Kier molecular flexibility index (Phi) is 5.80. The van der Waals surface area contributed by atoms with E-state index >= 15 is 0 Å². The first-order chi connectivity index (χ1) is 9.65. The number of pyridine rings is 1. The number of likely N-dealkylation sites (tertiary alicyclic amines) is 1. The lowest BCUT2D eigenvalue weighted by molar-refractivity contribution is 0.122. The molecule has 1 N–H and O–H groups in total. The molecule has 112 valence electrons. The first-order valence-corrected chi connectivity index (χ1v) is 7.66. The Labute approximate surface area is 122 Å². The summed E-state index contributed by atoms with van der Waals surface area (Å²) >= 11 is 0. The van der Waals surface area contributed by atoms with Crippen LogP contribution in [0.2, 0.25) is 0 Å². The van der Waals surface area contributed by atoms with Gasteiger partial charge in [-0.2, -0.15) is 0 Å². The highest BCUT2D eigenvalue weighted by Gasteiger charge is 2.19. The molecule has 1 aliphatic rings. The second-order valence-electron chi connectivity index (χ2n) is 5.98. The van der Waals surface area contributed by atoms with Crippen LogP contribution in [0.25, 0.3) is 0 Å². The van der Waals surface area contributed by atoms with Gasteiger partial charge in [-0.3, -0.25) is 0 Å². The monoisotopic (exact) mass is 277 g/mol. The standard InChI is InChI=1S/C16H27N3O/c1-13(2)18-11-14-7-8-17-16(10-14)20-12-15-6-4-5-9-19(15)3/h7-8,10,13,15,18H,4-6,9,11-12H2,1-3H3. The third-order valence-corrected chi connectivity index (χ3v) is 3.86. The quantitative estimate of drug-likeness (QED) is 0.866. The summed E-state index contributed by atoms with van der Waals surface area (Å²) in [6.45, 7) is 7.08. The first-order valence-electron chi connectivity index (χ1n) is 7.66. The van der Waals surface area contributed by atoms with E-state index in [2.05, 4.69) is 36.1 Å². The van der Waals surface area contributed by atoms with Crippen molar-refractivity contribution in [2.45, 2.75) is 51.7 Å². The molecule has 1 aromatic heterocycles. The van der Waals surface area contributed by atoms with E-state index in [9.17, 15) is 0 Å². The van der Waals surface area contributed by atoms with Crippen LogP contribution in [0.5, 0.6) is 5.88 Å². The van der Waals surface area contributed by atoms with E-state index in [0.717, 1.165) is 19.0 Å². The van der Waals surface area contributed by atoms with E-state index in [1.807, 2.05) is 18.3 Å². The molecule has 4 nitrogen and oxygen atoms in total. The Balaban J connectivity index is 1.84. The van der Waals surface area contributed by atoms with Crippen molar-refractivity contribution in [3.05, 3.63) is 23.9 Å². The summed E-state index contributed by atoms with van der Waals surface area (Å²) in [5.41, 5.74) is 1.22. The van der Waals surface area contributed by atoms with Crippen LogP contribution in [0, 0.1) is 0 Å². The number of nitrogens with zero attached hydrogens (tertiary/aromatic N) is 2. The van der Waals surface area contributed by atoms with E-state index in [4.69, 9.17) is 4.74 Å². The molecule has 1 fully saturated rings. The van der Waals surface area contributed by atoms with Gasteiger partial charge in [0.15, 0.2) is 0 Å². The number of hydrogen-bond acceptors (Lipinski definition) is 4. The number of hydrogen-bond donors (Lipinski definition) is 1. The molecule has 4 heteroatoms. The van der Waals surface area contributed by atoms with E-state index in [0.29, 0.717) is 12.1 Å². The fraction of sp³-hybridized carbons (Fsp3) is 0.688. The van der Waals surface area contributed by atoms with Gasteiger partial charge in [-0.15, -0.1) is 0 Å². The number of aromatic nitrogens is 1. The van der Waals surface area contributed by atoms with Gasteiger partial charge in [0.1, 0.15) is 6.61 Å². The van der Waals surface area contributed by atoms with Crippen molar-refractivity contribution < 1.29 is 4.74 Å². The highest BCUT2D eigenvalue weighted by Crippen LogP contribution is 2.17. The lowest BCUT2D eigenvalue weighted by atomic mass is 10.0. The first kappa shape index (κ1) is 15.3. The summed E-state index contributed by atoms with van der Waals surface area (Å²) in [4.78, 5) is 6.70. The fourth-order valence-electron chi connectivity index (χ4n) is 2.50. The Morgan fingerprint density at radius 2 is 2.30 bits per heavy atom. The average molecular weight is 277 g/mol. The van der Waals surface area contributed by atoms with Crippen LogP contribution in [0.4, 0.5) is 0 Å². The number of ether oxygens (including phenoxy) is 1. The van der Waals surface area contributed by atoms with Crippen LogP contribution < -0.4 is 10.1 Å². The van der Waals surface area contributed by atoms with Crippen LogP contribution >= 0.6 is 0 Å². The zero-order valence-electron chi connectivity index (χ0n) is 12.9. The summed E-state index contributed by atoms with van der Waals surface area (Å²) < 4.78 is 5.88. The summed E-state index contributed by atoms with van der Waals surface area (Å²) in [6.07, 6.45) is 5.67. The smallest absolute Gasteiger partial charge is 0.213 e. The van der Waals surface area contributed by atoms with E-state index in [1.54, 1.807) is 0 Å². The third kappa shape index (κ3) is 4.76. The Morgan fingerprint density at radius 3 is 3.05 bits per heavy atom. The van der Waals surface area contributed by atoms with E-state index in [-0.39, 0.29) is 0 Å². The topological polar surface area (TPSA) is 37.4 Å². The van der Waals surface area contributed by atoms with Gasteiger partial charge in [-0.05, 0) is 38.1 Å². The van der Waals surface area contributed by atoms with E-state index < -0.39 is 0 Å². The molecule has 1 aliphatic heterocycles. The molecule has 0 saturated carbocycles. The SMILES string of the molecule is CC(C)NCc1ccnc(OCC2CCCCN2C)c1. The zero-order chi connectivity index (χ0) is 14.4. The second kappa shape index (κ2) is 7.60. The van der Waals surface area contributed by atoms with Gasteiger partial charge in [0.2, 0.25) is 5.88 Å². The lowest BCUT2D eigenvalue weighted by Gasteiger charge is -2.31. The minimum absolute atomic E-state index is 0.489. The molecular weight excluding hydrogens is 250 g/mol. The van der Waals surface area contributed by atoms with Crippen molar-refractivity contribution in [3.63, 3.8) is 0 Å². The van der Waals surface area contributed by atoms with Crippen molar-refractivity contribution in [2.24, 2.45) is 0 Å². The largest absolute Gasteiger partial charge is 0.476 e. The number of rotatable bonds is 6. The summed E-state index contributed by atoms with van der Waals surface area (Å²) in [5.74, 6) is 0.743. The molecule has 1 unspecified atom stereocenters. The molecule has 0 aromatic carbocycles. The Morgan fingerprint density at radius 1 is 1.45 bits per heavy atom. The van der Waals surface area contributed by atoms with Crippen LogP contribution in [0.1, 0.15) is 38.7 Å². The van der Waals surface area contributed by atoms with Gasteiger partial charge in [-0.25, -0.2) is 4.98 Å². The summed E-state index contributed by atoms with van der Waals surface area (Å²) in [5, 5.41) is 3.41. The average Bonchev–Trinajstić information content (AvgIpc) is 2.45. The molecule has 2 heterocycles. The van der Waals surface area contributed by atoms with Gasteiger partial charge in [0.25, 0.3) is 0 Å². The van der Waals surface area contributed by atoms with Crippen LogP contribution in [-0.4, -0.2) is 42.2 Å². The summed E-state index contributed by atoms with van der Waals surface area (Å²) in [6, 6.07) is 5.10. The molecule has 20 heavy (non-hydrogen) atoms. The molecule has 1 saturated heterocycles. The minimum atomic E-state index is 0.489. The van der Waals surface area contributed by atoms with Crippen molar-refractivity contribution in [1.29, 1.82) is 0 Å². The molecule has 0 amide bonds. The number of piperidine rings is 1. The normalized spacial score (nSPS) is 20.3. The van der Waals surface area contributed by atoms with Crippen molar-refractivity contribution in [1.82, 2.24) is 15.2 Å². The maximum atomic E-state index is 5.88. The summed E-state index contributed by atoms with van der Waals surface area (Å²) in [7, 11) is 2.18. The maximum absolute atomic E-state index is 5.88. The predicted octanol–water partition coefficient (Wildman–Crippen LogP) is 2.44. The zero-order valence-corrected chi connectivity index (χ0v) is 12.9. The van der Waals surface area contributed by atoms with Gasteiger partial charge >= 0.3 is 0 Å². The lowest BCUT2D eigenvalue weighted by Crippen LogP contribution is -2.40. The molecule has 0 radical (unpaired) electrons.